The predicted octanol–water partition coefficient (Wildman–Crippen LogP) is 2.32. The van der Waals surface area contributed by atoms with E-state index >= 15 is 0 Å². The number of carbonyl (C=O) groups is 1. The van der Waals surface area contributed by atoms with Gasteiger partial charge in [-0.25, -0.2) is 0 Å². The van der Waals surface area contributed by atoms with E-state index in [-0.39, 0.29) is 12.7 Å². The molecular formula is C19H21N3O3. The Bertz CT molecular complexity index is 810. The Kier molecular flexibility index (Phi) is 4.41. The minimum atomic E-state index is -0.112. The van der Waals surface area contributed by atoms with Crippen molar-refractivity contribution in [2.45, 2.75) is 32.2 Å². The lowest BCUT2D eigenvalue weighted by Crippen LogP contribution is -2.26. The molecule has 0 unspecified atom stereocenters. The molecule has 1 N–H and O–H groups in total. The molecule has 1 aliphatic carbocycles. The monoisotopic (exact) mass is 339 g/mol. The van der Waals surface area contributed by atoms with Gasteiger partial charge in [0.2, 0.25) is 12.7 Å². The third kappa shape index (κ3) is 3.52. The van der Waals surface area contributed by atoms with Crippen LogP contribution in [0, 0.1) is 0 Å². The van der Waals surface area contributed by atoms with Gasteiger partial charge in [0.1, 0.15) is 0 Å². The van der Waals surface area contributed by atoms with Crippen molar-refractivity contribution in [3.63, 3.8) is 0 Å². The lowest BCUT2D eigenvalue weighted by Gasteiger charge is -2.13. The first-order valence-corrected chi connectivity index (χ1v) is 8.69. The zero-order valence-corrected chi connectivity index (χ0v) is 14.0. The van der Waals surface area contributed by atoms with E-state index in [0.29, 0.717) is 18.8 Å². The fraction of sp³-hybridized carbons (Fsp3) is 0.368. The molecule has 0 atom stereocenters. The van der Waals surface area contributed by atoms with Gasteiger partial charge in [0, 0.05) is 18.3 Å². The number of ether oxygens (including phenoxy) is 2. The van der Waals surface area contributed by atoms with E-state index in [0.717, 1.165) is 24.2 Å². The van der Waals surface area contributed by atoms with Crippen LogP contribution >= 0.6 is 0 Å². The quantitative estimate of drug-likeness (QED) is 0.849. The van der Waals surface area contributed by atoms with Crippen molar-refractivity contribution in [3.05, 3.63) is 47.3 Å². The first kappa shape index (κ1) is 15.7. The largest absolute Gasteiger partial charge is 0.454 e. The molecule has 0 fully saturated rings. The molecule has 2 aliphatic rings. The number of nitrogens with one attached hydrogen (secondary N) is 1. The van der Waals surface area contributed by atoms with Gasteiger partial charge in [-0.2, -0.15) is 5.10 Å². The molecule has 0 saturated carbocycles. The number of carbonyl (C=O) groups excluding carboxylic acids is 1. The maximum atomic E-state index is 12.0. The van der Waals surface area contributed by atoms with Crippen molar-refractivity contribution in [2.24, 2.45) is 0 Å². The van der Waals surface area contributed by atoms with Gasteiger partial charge >= 0.3 is 0 Å². The molecule has 1 aromatic carbocycles. The molecule has 1 amide bonds. The zero-order chi connectivity index (χ0) is 17.1. The number of nitrogens with zero attached hydrogens (tertiary/aromatic N) is 2. The van der Waals surface area contributed by atoms with Gasteiger partial charge in [-0.1, -0.05) is 6.07 Å². The van der Waals surface area contributed by atoms with E-state index in [9.17, 15) is 4.79 Å². The first-order valence-electron chi connectivity index (χ1n) is 8.69. The van der Waals surface area contributed by atoms with Gasteiger partial charge in [0.15, 0.2) is 11.5 Å². The summed E-state index contributed by atoms with van der Waals surface area (Å²) in [6.45, 7) is 1.53. The van der Waals surface area contributed by atoms with Crippen molar-refractivity contribution in [1.29, 1.82) is 0 Å². The SMILES string of the molecule is O=C(C=Cc1ccc2c(c1)OCO2)NCCn1ncc2c1CCCC2. The number of amides is 1. The van der Waals surface area contributed by atoms with Crippen LogP contribution < -0.4 is 14.8 Å². The third-order valence-corrected chi connectivity index (χ3v) is 4.59. The van der Waals surface area contributed by atoms with Crippen molar-refractivity contribution < 1.29 is 14.3 Å². The Morgan fingerprint density at radius 2 is 2.12 bits per heavy atom. The summed E-state index contributed by atoms with van der Waals surface area (Å²) in [5.41, 5.74) is 3.59. The molecule has 0 radical (unpaired) electrons. The van der Waals surface area contributed by atoms with Crippen LogP contribution in [0.5, 0.6) is 11.5 Å². The van der Waals surface area contributed by atoms with Gasteiger partial charge < -0.3 is 14.8 Å². The summed E-state index contributed by atoms with van der Waals surface area (Å²) in [5.74, 6) is 1.34. The second-order valence-electron chi connectivity index (χ2n) is 6.28. The van der Waals surface area contributed by atoms with Crippen LogP contribution in [-0.4, -0.2) is 29.0 Å². The highest BCUT2D eigenvalue weighted by Gasteiger charge is 2.14. The molecule has 2 heterocycles. The Hall–Kier alpha value is -2.76. The van der Waals surface area contributed by atoms with Crippen LogP contribution in [0.1, 0.15) is 29.7 Å². The van der Waals surface area contributed by atoms with E-state index in [2.05, 4.69) is 10.4 Å². The van der Waals surface area contributed by atoms with E-state index in [1.54, 1.807) is 6.08 Å². The van der Waals surface area contributed by atoms with Crippen LogP contribution in [0.25, 0.3) is 6.08 Å². The minimum absolute atomic E-state index is 0.112. The highest BCUT2D eigenvalue weighted by Crippen LogP contribution is 2.32. The maximum Gasteiger partial charge on any atom is 0.244 e. The van der Waals surface area contributed by atoms with Crippen molar-refractivity contribution in [3.8, 4) is 11.5 Å². The second-order valence-corrected chi connectivity index (χ2v) is 6.28. The topological polar surface area (TPSA) is 65.4 Å². The molecule has 6 heteroatoms. The standard InChI is InChI=1S/C19H21N3O3/c23-19(8-6-14-5-7-17-18(11-14)25-13-24-17)20-9-10-22-16-4-2-1-3-15(16)12-21-22/h5-8,11-12H,1-4,9-10,13H2,(H,20,23). The summed E-state index contributed by atoms with van der Waals surface area (Å²) in [6, 6.07) is 5.61. The number of fused-ring (bicyclic) bond motifs is 2. The molecule has 0 spiro atoms. The summed E-state index contributed by atoms with van der Waals surface area (Å²) in [6.07, 6.45) is 9.97. The normalized spacial score (nSPS) is 15.4. The number of hydrogen-bond donors (Lipinski definition) is 1. The molecule has 1 aromatic heterocycles. The van der Waals surface area contributed by atoms with E-state index in [4.69, 9.17) is 9.47 Å². The summed E-state index contributed by atoms with van der Waals surface area (Å²) in [4.78, 5) is 12.0. The highest BCUT2D eigenvalue weighted by atomic mass is 16.7. The number of rotatable bonds is 5. The Labute approximate surface area is 146 Å². The summed E-state index contributed by atoms with van der Waals surface area (Å²) in [7, 11) is 0. The number of aryl methyl sites for hydroxylation is 1. The van der Waals surface area contributed by atoms with Gasteiger partial charge in [-0.15, -0.1) is 0 Å². The van der Waals surface area contributed by atoms with E-state index < -0.39 is 0 Å². The molecule has 1 aliphatic heterocycles. The molecule has 130 valence electrons. The van der Waals surface area contributed by atoms with Gasteiger partial charge in [0.05, 0.1) is 12.7 Å². The lowest BCUT2D eigenvalue weighted by atomic mass is 9.98. The smallest absolute Gasteiger partial charge is 0.244 e. The fourth-order valence-electron chi connectivity index (χ4n) is 3.28. The molecule has 25 heavy (non-hydrogen) atoms. The molecule has 6 nitrogen and oxygen atoms in total. The van der Waals surface area contributed by atoms with Gasteiger partial charge in [0.25, 0.3) is 0 Å². The average Bonchev–Trinajstić information content (AvgIpc) is 3.26. The average molecular weight is 339 g/mol. The van der Waals surface area contributed by atoms with Crippen molar-refractivity contribution >= 4 is 12.0 Å². The minimum Gasteiger partial charge on any atom is -0.454 e. The Morgan fingerprint density at radius 1 is 1.24 bits per heavy atom. The second kappa shape index (κ2) is 7.01. The number of aromatic nitrogens is 2. The predicted molar refractivity (Wildman–Crippen MR) is 93.5 cm³/mol. The summed E-state index contributed by atoms with van der Waals surface area (Å²) in [5, 5.41) is 7.35. The first-order chi connectivity index (χ1) is 12.3. The van der Waals surface area contributed by atoms with Crippen LogP contribution in [0.4, 0.5) is 0 Å². The van der Waals surface area contributed by atoms with Crippen LogP contribution in [-0.2, 0) is 24.2 Å². The molecule has 0 saturated heterocycles. The molecule has 4 rings (SSSR count). The van der Waals surface area contributed by atoms with Crippen LogP contribution in [0.2, 0.25) is 0 Å². The third-order valence-electron chi connectivity index (χ3n) is 4.59. The molecule has 0 bridgehead atoms. The van der Waals surface area contributed by atoms with Crippen LogP contribution in [0.3, 0.4) is 0 Å². The summed E-state index contributed by atoms with van der Waals surface area (Å²) < 4.78 is 12.6. The van der Waals surface area contributed by atoms with Crippen LogP contribution in [0.15, 0.2) is 30.5 Å². The Balaban J connectivity index is 1.28. The highest BCUT2D eigenvalue weighted by molar-refractivity contribution is 5.91. The summed E-state index contributed by atoms with van der Waals surface area (Å²) >= 11 is 0. The zero-order valence-electron chi connectivity index (χ0n) is 14.0. The number of hydrogen-bond acceptors (Lipinski definition) is 4. The van der Waals surface area contributed by atoms with Crippen molar-refractivity contribution in [1.82, 2.24) is 15.1 Å². The Morgan fingerprint density at radius 3 is 3.08 bits per heavy atom. The number of benzene rings is 1. The van der Waals surface area contributed by atoms with Crippen molar-refractivity contribution in [2.75, 3.05) is 13.3 Å². The molecule has 2 aromatic rings. The van der Waals surface area contributed by atoms with Gasteiger partial charge in [-0.05, 0) is 55.0 Å². The fourth-order valence-corrected chi connectivity index (χ4v) is 3.28. The van der Waals surface area contributed by atoms with Gasteiger partial charge in [-0.3, -0.25) is 9.48 Å². The maximum absolute atomic E-state index is 12.0. The van der Waals surface area contributed by atoms with E-state index in [1.165, 1.54) is 30.2 Å². The lowest BCUT2D eigenvalue weighted by molar-refractivity contribution is -0.116. The van der Waals surface area contributed by atoms with E-state index in [1.807, 2.05) is 29.1 Å². The molecular weight excluding hydrogens is 318 g/mol.